The standard InChI is InChI=1S/C31H23N3O6.BF4/c32-25-15-16-34-28-27(40-31(34)33-25)26(39-30(36)23-14-6-10-19-8-2-4-12-21(19)23)24(38-28)17-37-29(35)22-13-5-9-18-7-1-3-11-20(18)22;2-1(3,4)5/h1-16,24,26-28,32H,17H2;/q;-1/p+1/t24-,26-,27-,28-;/m1./s1. The number of benzene rings is 4. The predicted octanol–water partition coefficient (Wildman–Crippen LogP) is 5.30. The molecule has 3 heterocycles. The summed E-state index contributed by atoms with van der Waals surface area (Å²) in [6, 6.07) is 28.0. The smallest absolute Gasteiger partial charge is 0.459 e. The van der Waals surface area contributed by atoms with Crippen LogP contribution in [0.2, 0.25) is 0 Å². The first kappa shape index (κ1) is 29.8. The van der Waals surface area contributed by atoms with Crippen LogP contribution in [0.15, 0.2) is 97.2 Å². The number of rotatable bonds is 5. The van der Waals surface area contributed by atoms with E-state index in [2.05, 4.69) is 4.98 Å². The summed E-state index contributed by atoms with van der Waals surface area (Å²) in [5.41, 5.74) is 6.70. The van der Waals surface area contributed by atoms with Gasteiger partial charge in [-0.25, -0.2) is 9.59 Å². The minimum Gasteiger partial charge on any atom is -0.459 e. The second kappa shape index (κ2) is 12.0. The lowest BCUT2D eigenvalue weighted by Crippen LogP contribution is -2.41. The first-order chi connectivity index (χ1) is 21.6. The van der Waals surface area contributed by atoms with Gasteiger partial charge >= 0.3 is 25.2 Å². The number of anilines is 1. The summed E-state index contributed by atoms with van der Waals surface area (Å²) in [7, 11) is -6.00. The topological polar surface area (TPSA) is 114 Å². The molecule has 2 aliphatic heterocycles. The van der Waals surface area contributed by atoms with E-state index in [9.17, 15) is 26.9 Å². The fourth-order valence-corrected chi connectivity index (χ4v) is 5.39. The van der Waals surface area contributed by atoms with E-state index in [0.717, 1.165) is 21.5 Å². The molecule has 0 bridgehead atoms. The van der Waals surface area contributed by atoms with Crippen LogP contribution in [0.5, 0.6) is 6.01 Å². The monoisotopic (exact) mass is 621 g/mol. The zero-order valence-corrected chi connectivity index (χ0v) is 23.3. The van der Waals surface area contributed by atoms with Crippen molar-refractivity contribution in [2.75, 3.05) is 12.3 Å². The molecule has 230 valence electrons. The van der Waals surface area contributed by atoms with E-state index in [1.54, 1.807) is 35.0 Å². The Morgan fingerprint density at radius 3 is 2.00 bits per heavy atom. The third-order valence-electron chi connectivity index (χ3n) is 7.29. The summed E-state index contributed by atoms with van der Waals surface area (Å²) < 4.78 is 64.8. The van der Waals surface area contributed by atoms with Crippen molar-refractivity contribution in [3.8, 4) is 6.01 Å². The number of carbonyl (C=O) groups excluding carboxylic acids is 2. The molecule has 0 radical (unpaired) electrons. The molecule has 7 rings (SSSR count). The van der Waals surface area contributed by atoms with E-state index in [1.807, 2.05) is 66.7 Å². The van der Waals surface area contributed by atoms with Crippen LogP contribution in [0.1, 0.15) is 26.9 Å². The molecule has 0 saturated carbocycles. The van der Waals surface area contributed by atoms with Crippen molar-refractivity contribution in [3.63, 3.8) is 0 Å². The first-order valence-corrected chi connectivity index (χ1v) is 13.8. The van der Waals surface area contributed by atoms with Gasteiger partial charge in [0.05, 0.1) is 11.1 Å². The van der Waals surface area contributed by atoms with Crippen molar-refractivity contribution in [3.05, 3.63) is 108 Å². The summed E-state index contributed by atoms with van der Waals surface area (Å²) in [5.74, 6) is -0.746. The molecule has 2 N–H and O–H groups in total. The van der Waals surface area contributed by atoms with Gasteiger partial charge in [-0.1, -0.05) is 72.8 Å². The van der Waals surface area contributed by atoms with Crippen LogP contribution in [0.25, 0.3) is 21.5 Å². The number of ether oxygens (including phenoxy) is 4. The number of aromatic nitrogens is 2. The lowest BCUT2D eigenvalue weighted by Gasteiger charge is -2.21. The molecule has 0 aliphatic carbocycles. The molecule has 14 heteroatoms. The fraction of sp³-hybridized carbons (Fsp3) is 0.161. The highest BCUT2D eigenvalue weighted by Crippen LogP contribution is 2.37. The molecule has 0 amide bonds. The first-order valence-electron chi connectivity index (χ1n) is 13.8. The molecular formula is C31H24BF4N3O6. The minimum atomic E-state index is -6.00. The number of esters is 2. The molecule has 9 nitrogen and oxygen atoms in total. The molecule has 2 aliphatic rings. The van der Waals surface area contributed by atoms with Crippen molar-refractivity contribution in [2.45, 2.75) is 24.5 Å². The molecule has 4 atom stereocenters. The Morgan fingerprint density at radius 2 is 1.38 bits per heavy atom. The molecule has 1 aromatic heterocycles. The maximum atomic E-state index is 13.5. The number of fused-ring (bicyclic) bond motifs is 5. The van der Waals surface area contributed by atoms with Crippen LogP contribution < -0.4 is 15.0 Å². The quantitative estimate of drug-likeness (QED) is 0.122. The Bertz CT molecular complexity index is 1890. The molecule has 1 fully saturated rings. The third-order valence-corrected chi connectivity index (χ3v) is 7.29. The van der Waals surface area contributed by atoms with Crippen molar-refractivity contribution < 1.29 is 50.4 Å². The number of nitrogens with zero attached hydrogens (tertiary/aromatic N) is 2. The highest BCUT2D eigenvalue weighted by molar-refractivity contribution is 6.50. The Hall–Kier alpha value is -5.24. The third kappa shape index (κ3) is 6.36. The summed E-state index contributed by atoms with van der Waals surface area (Å²) in [5, 5.41) is 3.40. The average Bonchev–Trinajstić information content (AvgIpc) is 3.53. The second-order valence-electron chi connectivity index (χ2n) is 10.2. The largest absolute Gasteiger partial charge is 0.673 e. The van der Waals surface area contributed by atoms with E-state index >= 15 is 0 Å². The molecule has 0 unspecified atom stereocenters. The summed E-state index contributed by atoms with van der Waals surface area (Å²) in [4.78, 5) is 30.9. The lowest BCUT2D eigenvalue weighted by molar-refractivity contribution is -0.746. The van der Waals surface area contributed by atoms with E-state index in [-0.39, 0.29) is 18.4 Å². The van der Waals surface area contributed by atoms with Crippen molar-refractivity contribution in [1.82, 2.24) is 4.98 Å². The van der Waals surface area contributed by atoms with Crippen LogP contribution in [0.4, 0.5) is 23.1 Å². The number of nitrogens with two attached hydrogens (primary N) is 1. The van der Waals surface area contributed by atoms with Crippen LogP contribution >= 0.6 is 0 Å². The van der Waals surface area contributed by atoms with Crippen molar-refractivity contribution >= 4 is 46.6 Å². The predicted molar refractivity (Wildman–Crippen MR) is 155 cm³/mol. The van der Waals surface area contributed by atoms with E-state index in [1.165, 1.54) is 0 Å². The van der Waals surface area contributed by atoms with Gasteiger partial charge in [-0.3, -0.25) is 0 Å². The van der Waals surface area contributed by atoms with Crippen molar-refractivity contribution in [2.24, 2.45) is 0 Å². The summed E-state index contributed by atoms with van der Waals surface area (Å²) >= 11 is 0. The van der Waals surface area contributed by atoms with Gasteiger partial charge in [-0.05, 0) is 33.7 Å². The SMILES string of the molecule is F[B-](F)(F)F.Nc1cc[n+]2c(n1)O[C@@H]1[C@H](OC(=O)c3cccc4ccccc34)[C@@H](COC(=O)c3cccc4ccccc34)O[C@H]12. The van der Waals surface area contributed by atoms with E-state index in [0.29, 0.717) is 11.1 Å². The highest BCUT2D eigenvalue weighted by Gasteiger charge is 2.58. The summed E-state index contributed by atoms with van der Waals surface area (Å²) in [6.07, 6.45) is -1.33. The Kier molecular flexibility index (Phi) is 7.98. The van der Waals surface area contributed by atoms with Gasteiger partial charge in [0.1, 0.15) is 18.9 Å². The average molecular weight is 621 g/mol. The Balaban J connectivity index is 0.000000664. The Labute approximate surface area is 253 Å². The van der Waals surface area contributed by atoms with Crippen LogP contribution in [-0.2, 0) is 14.2 Å². The van der Waals surface area contributed by atoms with Crippen LogP contribution in [-0.4, -0.2) is 49.1 Å². The normalized spacial score (nSPS) is 20.0. The van der Waals surface area contributed by atoms with Gasteiger partial charge in [-0.2, -0.15) is 4.57 Å². The molecule has 0 spiro atoms. The number of halogens is 4. The van der Waals surface area contributed by atoms with Gasteiger partial charge < -0.3 is 41.9 Å². The van der Waals surface area contributed by atoms with Gasteiger partial charge in [0.15, 0.2) is 6.10 Å². The van der Waals surface area contributed by atoms with Crippen LogP contribution in [0.3, 0.4) is 0 Å². The molecule has 4 aromatic carbocycles. The zero-order chi connectivity index (χ0) is 31.7. The van der Waals surface area contributed by atoms with Crippen molar-refractivity contribution in [1.29, 1.82) is 0 Å². The highest BCUT2D eigenvalue weighted by atomic mass is 19.5. The van der Waals surface area contributed by atoms with Gasteiger partial charge in [-0.15, -0.1) is 0 Å². The maximum Gasteiger partial charge on any atom is 0.673 e. The maximum absolute atomic E-state index is 13.5. The number of hydrogen-bond donors (Lipinski definition) is 1. The zero-order valence-electron chi connectivity index (χ0n) is 23.3. The Morgan fingerprint density at radius 1 is 0.822 bits per heavy atom. The van der Waals surface area contributed by atoms with E-state index < -0.39 is 43.7 Å². The lowest BCUT2D eigenvalue weighted by atomic mass is 10.0. The molecule has 45 heavy (non-hydrogen) atoms. The van der Waals surface area contributed by atoms with Gasteiger partial charge in [0.2, 0.25) is 18.1 Å². The number of nitrogen functional groups attached to an aromatic ring is 1. The number of hydrogen-bond acceptors (Lipinski definition) is 8. The molecule has 1 saturated heterocycles. The minimum absolute atomic E-state index is 0.149. The second-order valence-corrected chi connectivity index (χ2v) is 10.2. The number of carbonyl (C=O) groups is 2. The summed E-state index contributed by atoms with van der Waals surface area (Å²) in [6.45, 7) is -0.149. The molecular weight excluding hydrogens is 597 g/mol. The molecule has 5 aromatic rings. The van der Waals surface area contributed by atoms with Gasteiger partial charge in [0, 0.05) is 11.1 Å². The van der Waals surface area contributed by atoms with Crippen LogP contribution in [0, 0.1) is 0 Å². The van der Waals surface area contributed by atoms with Gasteiger partial charge in [0.25, 0.3) is 0 Å². The fourth-order valence-electron chi connectivity index (χ4n) is 5.39. The van der Waals surface area contributed by atoms with E-state index in [4.69, 9.17) is 24.7 Å².